The maximum absolute atomic E-state index is 13.2. The fraction of sp³-hybridized carbons (Fsp3) is 0.115. The van der Waals surface area contributed by atoms with Crippen molar-refractivity contribution in [1.29, 1.82) is 0 Å². The van der Waals surface area contributed by atoms with Crippen molar-refractivity contribution in [3.05, 3.63) is 101 Å². The first kappa shape index (κ1) is 22.3. The van der Waals surface area contributed by atoms with Crippen molar-refractivity contribution in [2.75, 3.05) is 21.7 Å². The molecule has 0 radical (unpaired) electrons. The van der Waals surface area contributed by atoms with Crippen LogP contribution in [0.4, 0.5) is 17.1 Å². The number of anilines is 3. The van der Waals surface area contributed by atoms with Crippen LogP contribution in [-0.2, 0) is 9.59 Å². The van der Waals surface area contributed by atoms with Gasteiger partial charge in [-0.2, -0.15) is 0 Å². The third-order valence-electron chi connectivity index (χ3n) is 5.30. The summed E-state index contributed by atoms with van der Waals surface area (Å²) in [6.45, 7) is 4.38. The van der Waals surface area contributed by atoms with E-state index in [1.807, 2.05) is 38.1 Å². The topological polar surface area (TPSA) is 69.7 Å². The monoisotopic (exact) mass is 459 g/mol. The molecule has 3 amide bonds. The third-order valence-corrected chi connectivity index (χ3v) is 5.65. The van der Waals surface area contributed by atoms with Gasteiger partial charge in [0.25, 0.3) is 17.7 Å². The van der Waals surface area contributed by atoms with E-state index in [1.165, 1.54) is 0 Å². The summed E-state index contributed by atoms with van der Waals surface area (Å²) in [5, 5.41) is 2.74. The van der Waals surface area contributed by atoms with Crippen LogP contribution in [0.5, 0.6) is 0 Å². The molecule has 1 aliphatic heterocycles. The lowest BCUT2D eigenvalue weighted by Gasteiger charge is -2.22. The Morgan fingerprint density at radius 1 is 0.939 bits per heavy atom. The number of carbonyl (C=O) groups excluding carboxylic acids is 3. The molecule has 7 heteroatoms. The SMILES string of the molecule is CCN(C(=O)c1cccc(NC2=C(Cl)C(=O)N(c3ccccc3)C2=O)c1)c1cccc(C)c1. The summed E-state index contributed by atoms with van der Waals surface area (Å²) in [7, 11) is 0. The molecule has 1 heterocycles. The van der Waals surface area contributed by atoms with Gasteiger partial charge in [-0.1, -0.05) is 48.0 Å². The number of nitrogens with one attached hydrogen (secondary N) is 1. The van der Waals surface area contributed by atoms with Crippen molar-refractivity contribution in [3.63, 3.8) is 0 Å². The molecule has 0 fully saturated rings. The molecule has 1 N–H and O–H groups in total. The van der Waals surface area contributed by atoms with Crippen molar-refractivity contribution in [1.82, 2.24) is 0 Å². The van der Waals surface area contributed by atoms with Gasteiger partial charge in [0.1, 0.15) is 10.7 Å². The van der Waals surface area contributed by atoms with Gasteiger partial charge in [0, 0.05) is 23.5 Å². The maximum atomic E-state index is 13.2. The molecule has 0 unspecified atom stereocenters. The van der Waals surface area contributed by atoms with Gasteiger partial charge in [0.05, 0.1) is 5.69 Å². The van der Waals surface area contributed by atoms with Crippen LogP contribution in [0.2, 0.25) is 0 Å². The van der Waals surface area contributed by atoms with Crippen LogP contribution in [0.1, 0.15) is 22.8 Å². The highest BCUT2D eigenvalue weighted by Crippen LogP contribution is 2.30. The molecule has 6 nitrogen and oxygen atoms in total. The Balaban J connectivity index is 1.59. The minimum absolute atomic E-state index is 0.0267. The van der Waals surface area contributed by atoms with Crippen LogP contribution >= 0.6 is 11.6 Å². The molecule has 3 aromatic carbocycles. The Hall–Kier alpha value is -3.90. The van der Waals surface area contributed by atoms with Gasteiger partial charge in [0.2, 0.25) is 0 Å². The molecule has 0 saturated heterocycles. The van der Waals surface area contributed by atoms with E-state index in [-0.39, 0.29) is 16.6 Å². The summed E-state index contributed by atoms with van der Waals surface area (Å²) in [5.74, 6) is -1.33. The Morgan fingerprint density at radius 2 is 1.67 bits per heavy atom. The molecule has 0 aromatic heterocycles. The minimum atomic E-state index is -0.598. The van der Waals surface area contributed by atoms with Crippen LogP contribution in [-0.4, -0.2) is 24.3 Å². The van der Waals surface area contributed by atoms with Crippen molar-refractivity contribution >= 4 is 46.4 Å². The van der Waals surface area contributed by atoms with Gasteiger partial charge in [-0.3, -0.25) is 14.4 Å². The largest absolute Gasteiger partial charge is 0.350 e. The number of imide groups is 1. The molecular weight excluding hydrogens is 438 g/mol. The highest BCUT2D eigenvalue weighted by atomic mass is 35.5. The van der Waals surface area contributed by atoms with E-state index < -0.39 is 11.8 Å². The summed E-state index contributed by atoms with van der Waals surface area (Å²) in [5.41, 5.74) is 3.19. The first-order chi connectivity index (χ1) is 15.9. The van der Waals surface area contributed by atoms with E-state index in [0.29, 0.717) is 23.5 Å². The molecule has 3 aromatic rings. The van der Waals surface area contributed by atoms with Crippen molar-refractivity contribution < 1.29 is 14.4 Å². The summed E-state index contributed by atoms with van der Waals surface area (Å²) in [6, 6.07) is 23.1. The highest BCUT2D eigenvalue weighted by molar-refractivity contribution is 6.53. The van der Waals surface area contributed by atoms with Gasteiger partial charge in [0.15, 0.2) is 0 Å². The van der Waals surface area contributed by atoms with Crippen LogP contribution in [0.3, 0.4) is 0 Å². The fourth-order valence-electron chi connectivity index (χ4n) is 3.69. The molecule has 166 valence electrons. The van der Waals surface area contributed by atoms with Crippen LogP contribution in [0.15, 0.2) is 89.6 Å². The van der Waals surface area contributed by atoms with Gasteiger partial charge in [-0.25, -0.2) is 4.90 Å². The Morgan fingerprint density at radius 3 is 2.36 bits per heavy atom. The number of amides is 3. The molecule has 0 atom stereocenters. The number of benzene rings is 3. The second kappa shape index (κ2) is 9.30. The lowest BCUT2D eigenvalue weighted by Crippen LogP contribution is -2.32. The van der Waals surface area contributed by atoms with Crippen LogP contribution in [0, 0.1) is 6.92 Å². The number of rotatable bonds is 6. The van der Waals surface area contributed by atoms with E-state index in [1.54, 1.807) is 59.5 Å². The first-order valence-corrected chi connectivity index (χ1v) is 10.9. The predicted octanol–water partition coefficient (Wildman–Crippen LogP) is 5.10. The van der Waals surface area contributed by atoms with Crippen molar-refractivity contribution in [2.24, 2.45) is 0 Å². The number of hydrogen-bond acceptors (Lipinski definition) is 4. The average Bonchev–Trinajstić information content (AvgIpc) is 3.03. The fourth-order valence-corrected chi connectivity index (χ4v) is 3.90. The van der Waals surface area contributed by atoms with Gasteiger partial charge >= 0.3 is 0 Å². The van der Waals surface area contributed by atoms with E-state index in [4.69, 9.17) is 11.6 Å². The zero-order valence-electron chi connectivity index (χ0n) is 18.2. The standard InChI is InChI=1S/C26H22ClN3O3/c1-3-29(21-14-7-9-17(2)15-21)24(31)18-10-8-11-19(16-18)28-23-22(27)25(32)30(26(23)33)20-12-5-4-6-13-20/h4-16,28H,3H2,1-2H3. The van der Waals surface area contributed by atoms with Gasteiger partial charge < -0.3 is 10.2 Å². The summed E-state index contributed by atoms with van der Waals surface area (Å²) in [4.78, 5) is 41.5. The van der Waals surface area contributed by atoms with Crippen LogP contribution in [0.25, 0.3) is 0 Å². The zero-order valence-corrected chi connectivity index (χ0v) is 19.0. The van der Waals surface area contributed by atoms with E-state index in [9.17, 15) is 14.4 Å². The number of hydrogen-bond donors (Lipinski definition) is 1. The summed E-state index contributed by atoms with van der Waals surface area (Å²) in [6.07, 6.45) is 0. The van der Waals surface area contributed by atoms with Crippen molar-refractivity contribution in [3.8, 4) is 0 Å². The van der Waals surface area contributed by atoms with Gasteiger partial charge in [-0.15, -0.1) is 0 Å². The lowest BCUT2D eigenvalue weighted by molar-refractivity contribution is -0.120. The summed E-state index contributed by atoms with van der Waals surface area (Å²) < 4.78 is 0. The number of nitrogens with zero attached hydrogens (tertiary/aromatic N) is 2. The van der Waals surface area contributed by atoms with E-state index in [0.717, 1.165) is 16.2 Å². The normalized spacial score (nSPS) is 13.5. The molecule has 33 heavy (non-hydrogen) atoms. The number of carbonyl (C=O) groups is 3. The molecular formula is C26H22ClN3O3. The minimum Gasteiger partial charge on any atom is -0.350 e. The molecule has 0 saturated carbocycles. The smallest absolute Gasteiger partial charge is 0.283 e. The Kier molecular flexibility index (Phi) is 6.29. The molecule has 1 aliphatic rings. The molecule has 4 rings (SSSR count). The summed E-state index contributed by atoms with van der Waals surface area (Å²) >= 11 is 6.22. The molecule has 0 aliphatic carbocycles. The highest BCUT2D eigenvalue weighted by Gasteiger charge is 2.38. The quantitative estimate of drug-likeness (QED) is 0.521. The third kappa shape index (κ3) is 4.38. The number of halogens is 1. The van der Waals surface area contributed by atoms with Crippen LogP contribution < -0.4 is 15.1 Å². The Labute approximate surface area is 197 Å². The lowest BCUT2D eigenvalue weighted by atomic mass is 10.1. The molecule has 0 bridgehead atoms. The second-order valence-corrected chi connectivity index (χ2v) is 7.94. The predicted molar refractivity (Wildman–Crippen MR) is 130 cm³/mol. The molecule has 0 spiro atoms. The number of para-hydroxylation sites is 1. The zero-order chi connectivity index (χ0) is 23.5. The second-order valence-electron chi connectivity index (χ2n) is 7.56. The maximum Gasteiger partial charge on any atom is 0.283 e. The van der Waals surface area contributed by atoms with Gasteiger partial charge in [-0.05, 0) is 61.9 Å². The van der Waals surface area contributed by atoms with Crippen molar-refractivity contribution in [2.45, 2.75) is 13.8 Å². The first-order valence-electron chi connectivity index (χ1n) is 10.5. The number of aryl methyl sites for hydroxylation is 1. The average molecular weight is 460 g/mol. The Bertz CT molecular complexity index is 1270. The van der Waals surface area contributed by atoms with E-state index >= 15 is 0 Å². The van der Waals surface area contributed by atoms with E-state index in [2.05, 4.69) is 5.32 Å².